The normalized spacial score (nSPS) is 23.6. The molecule has 9 heteroatoms. The number of ether oxygens (including phenoxy) is 1. The van der Waals surface area contributed by atoms with Gasteiger partial charge in [0.2, 0.25) is 15.6 Å². The third kappa shape index (κ3) is 3.24. The fourth-order valence-electron chi connectivity index (χ4n) is 3.61. The molecule has 0 bridgehead atoms. The van der Waals surface area contributed by atoms with Crippen molar-refractivity contribution in [3.8, 4) is 5.75 Å². The summed E-state index contributed by atoms with van der Waals surface area (Å²) in [6, 6.07) is 8.66. The maximum Gasteiger partial charge on any atom is 0.251 e. The number of aromatic nitrogens is 1. The van der Waals surface area contributed by atoms with E-state index in [9.17, 15) is 18.0 Å². The molecule has 0 spiro atoms. The first kappa shape index (κ1) is 17.7. The van der Waals surface area contributed by atoms with Crippen molar-refractivity contribution < 1.29 is 17.9 Å². The maximum absolute atomic E-state index is 13.0. The quantitative estimate of drug-likeness (QED) is 0.783. The van der Waals surface area contributed by atoms with E-state index in [2.05, 4.69) is 10.3 Å². The van der Waals surface area contributed by atoms with Crippen molar-refractivity contribution in [2.24, 2.45) is 0 Å². The lowest BCUT2D eigenvalue weighted by Gasteiger charge is -2.19. The molecule has 2 aliphatic heterocycles. The van der Waals surface area contributed by atoms with Crippen LogP contribution in [-0.4, -0.2) is 48.8 Å². The van der Waals surface area contributed by atoms with E-state index in [4.69, 9.17) is 4.74 Å². The average Bonchev–Trinajstić information content (AvgIpc) is 2.99. The van der Waals surface area contributed by atoms with E-state index in [1.54, 1.807) is 31.2 Å². The van der Waals surface area contributed by atoms with E-state index < -0.39 is 15.9 Å². The van der Waals surface area contributed by atoms with Crippen molar-refractivity contribution in [1.82, 2.24) is 14.6 Å². The van der Waals surface area contributed by atoms with Gasteiger partial charge in [-0.15, -0.1) is 0 Å². The summed E-state index contributed by atoms with van der Waals surface area (Å²) in [7, 11) is -3.70. The zero-order chi connectivity index (χ0) is 19.2. The molecule has 142 valence electrons. The van der Waals surface area contributed by atoms with Gasteiger partial charge >= 0.3 is 0 Å². The van der Waals surface area contributed by atoms with E-state index >= 15 is 0 Å². The van der Waals surface area contributed by atoms with Crippen molar-refractivity contribution in [1.29, 1.82) is 0 Å². The van der Waals surface area contributed by atoms with E-state index in [1.165, 1.54) is 16.4 Å². The first-order chi connectivity index (χ1) is 12.8. The number of nitrogens with zero attached hydrogens (tertiary/aromatic N) is 1. The Hall–Kier alpha value is -2.65. The minimum absolute atomic E-state index is 0.143. The number of fused-ring (bicyclic) bond motifs is 2. The van der Waals surface area contributed by atoms with Gasteiger partial charge in [-0.2, -0.15) is 4.31 Å². The summed E-state index contributed by atoms with van der Waals surface area (Å²) in [5.41, 5.74) is 0.483. The Morgan fingerprint density at radius 1 is 1.30 bits per heavy atom. The van der Waals surface area contributed by atoms with Crippen LogP contribution in [0.25, 0.3) is 0 Å². The second-order valence-corrected chi connectivity index (χ2v) is 8.67. The number of pyridine rings is 1. The van der Waals surface area contributed by atoms with E-state index in [0.717, 1.165) is 0 Å². The van der Waals surface area contributed by atoms with Crippen molar-refractivity contribution in [3.63, 3.8) is 0 Å². The Bertz CT molecular complexity index is 1060. The fraction of sp³-hybridized carbons (Fsp3) is 0.333. The highest BCUT2D eigenvalue weighted by Crippen LogP contribution is 2.35. The number of hydrogen-bond acceptors (Lipinski definition) is 5. The second kappa shape index (κ2) is 6.50. The minimum atomic E-state index is -3.70. The third-order valence-corrected chi connectivity index (χ3v) is 6.77. The van der Waals surface area contributed by atoms with Crippen LogP contribution in [0.15, 0.2) is 46.1 Å². The number of hydrogen-bond donors (Lipinski definition) is 2. The number of aromatic amines is 1. The number of nitrogens with one attached hydrogen (secondary N) is 2. The topological polar surface area (TPSA) is 109 Å². The van der Waals surface area contributed by atoms with Gasteiger partial charge in [0, 0.05) is 29.9 Å². The summed E-state index contributed by atoms with van der Waals surface area (Å²) in [5.74, 6) is -0.0444. The molecule has 0 aliphatic carbocycles. The predicted octanol–water partition coefficient (Wildman–Crippen LogP) is 0.637. The molecule has 1 fully saturated rings. The van der Waals surface area contributed by atoms with Gasteiger partial charge in [-0.3, -0.25) is 9.59 Å². The van der Waals surface area contributed by atoms with Crippen LogP contribution in [-0.2, 0) is 10.0 Å². The number of carbonyl (C=O) groups is 1. The Morgan fingerprint density at radius 2 is 2.07 bits per heavy atom. The molecule has 1 saturated heterocycles. The summed E-state index contributed by atoms with van der Waals surface area (Å²) in [6.07, 6.45) is 0.446. The summed E-state index contributed by atoms with van der Waals surface area (Å²) in [4.78, 5) is 26.8. The molecule has 3 heterocycles. The van der Waals surface area contributed by atoms with Gasteiger partial charge in [-0.05, 0) is 31.5 Å². The monoisotopic (exact) mass is 389 g/mol. The molecule has 2 aromatic rings. The SMILES string of the molecule is Cc1cc(C(=O)N[C@H]2C[C@H]3COc4ccccc4S(=O)(=O)N3C2)cc(=O)[nH]1. The lowest BCUT2D eigenvalue weighted by atomic mass is 10.1. The number of aryl methyl sites for hydroxylation is 1. The number of benzene rings is 1. The van der Waals surface area contributed by atoms with E-state index in [-0.39, 0.29) is 41.3 Å². The molecule has 0 unspecified atom stereocenters. The van der Waals surface area contributed by atoms with Crippen molar-refractivity contribution in [2.45, 2.75) is 30.3 Å². The summed E-state index contributed by atoms with van der Waals surface area (Å²) in [5, 5.41) is 2.83. The highest BCUT2D eigenvalue weighted by atomic mass is 32.2. The lowest BCUT2D eigenvalue weighted by Crippen LogP contribution is -2.39. The Kier molecular flexibility index (Phi) is 4.27. The Balaban J connectivity index is 1.55. The Labute approximate surface area is 156 Å². The fourth-order valence-corrected chi connectivity index (χ4v) is 5.41. The average molecular weight is 389 g/mol. The summed E-state index contributed by atoms with van der Waals surface area (Å²) >= 11 is 0. The molecule has 1 amide bonds. The number of rotatable bonds is 2. The zero-order valence-electron chi connectivity index (χ0n) is 14.6. The molecule has 8 nitrogen and oxygen atoms in total. The van der Waals surface area contributed by atoms with Crippen molar-refractivity contribution in [3.05, 3.63) is 58.0 Å². The molecule has 1 aromatic carbocycles. The first-order valence-electron chi connectivity index (χ1n) is 8.60. The lowest BCUT2D eigenvalue weighted by molar-refractivity contribution is 0.0938. The third-order valence-electron chi connectivity index (χ3n) is 4.81. The molecule has 27 heavy (non-hydrogen) atoms. The number of amides is 1. The van der Waals surface area contributed by atoms with Gasteiger partial charge in [-0.25, -0.2) is 8.42 Å². The van der Waals surface area contributed by atoms with Crippen molar-refractivity contribution >= 4 is 15.9 Å². The molecule has 0 saturated carbocycles. The molecular formula is C18H19N3O5S. The highest BCUT2D eigenvalue weighted by Gasteiger charge is 2.44. The molecule has 2 atom stereocenters. The smallest absolute Gasteiger partial charge is 0.251 e. The molecule has 0 radical (unpaired) electrons. The van der Waals surface area contributed by atoms with Gasteiger partial charge in [0.1, 0.15) is 17.3 Å². The predicted molar refractivity (Wildman–Crippen MR) is 97.3 cm³/mol. The van der Waals surface area contributed by atoms with Crippen LogP contribution >= 0.6 is 0 Å². The van der Waals surface area contributed by atoms with Crippen LogP contribution in [0.1, 0.15) is 22.5 Å². The molecule has 2 N–H and O–H groups in total. The molecule has 1 aromatic heterocycles. The van der Waals surface area contributed by atoms with Crippen LogP contribution in [0.2, 0.25) is 0 Å². The van der Waals surface area contributed by atoms with Crippen LogP contribution in [0.5, 0.6) is 5.75 Å². The van der Waals surface area contributed by atoms with Gasteiger partial charge in [0.25, 0.3) is 5.91 Å². The first-order valence-corrected chi connectivity index (χ1v) is 10.0. The molecule has 2 aliphatic rings. The number of para-hydroxylation sites is 1. The zero-order valence-corrected chi connectivity index (χ0v) is 15.5. The van der Waals surface area contributed by atoms with Gasteiger partial charge in [0.15, 0.2) is 0 Å². The minimum Gasteiger partial charge on any atom is -0.490 e. The number of carbonyl (C=O) groups excluding carboxylic acids is 1. The van der Waals surface area contributed by atoms with Gasteiger partial charge in [0.05, 0.1) is 6.04 Å². The standard InChI is InChI=1S/C18H19N3O5S/c1-11-6-12(7-17(22)19-11)18(23)20-13-8-14-10-26-15-4-2-3-5-16(15)27(24,25)21(14)9-13/h2-7,13-14H,8-10H2,1H3,(H,19,22)(H,20,23)/t13-,14-/m0/s1. The van der Waals surface area contributed by atoms with E-state index in [0.29, 0.717) is 17.9 Å². The highest BCUT2D eigenvalue weighted by molar-refractivity contribution is 7.89. The number of H-pyrrole nitrogens is 1. The van der Waals surface area contributed by atoms with Crippen LogP contribution in [0, 0.1) is 6.92 Å². The molecule has 4 rings (SSSR count). The van der Waals surface area contributed by atoms with Gasteiger partial charge < -0.3 is 15.0 Å². The van der Waals surface area contributed by atoms with Gasteiger partial charge in [-0.1, -0.05) is 12.1 Å². The van der Waals surface area contributed by atoms with Crippen LogP contribution in [0.3, 0.4) is 0 Å². The number of sulfonamides is 1. The van der Waals surface area contributed by atoms with Crippen LogP contribution in [0.4, 0.5) is 0 Å². The largest absolute Gasteiger partial charge is 0.490 e. The second-order valence-electron chi connectivity index (χ2n) is 6.81. The molecular weight excluding hydrogens is 370 g/mol. The maximum atomic E-state index is 13.0. The Morgan fingerprint density at radius 3 is 2.85 bits per heavy atom. The van der Waals surface area contributed by atoms with Crippen molar-refractivity contribution in [2.75, 3.05) is 13.2 Å². The summed E-state index contributed by atoms with van der Waals surface area (Å²) in [6.45, 7) is 2.09. The summed E-state index contributed by atoms with van der Waals surface area (Å²) < 4.78 is 33.1. The van der Waals surface area contributed by atoms with Crippen LogP contribution < -0.4 is 15.6 Å². The van der Waals surface area contributed by atoms with E-state index in [1.807, 2.05) is 0 Å².